The number of likely N-dealkylation sites (N-methyl/N-ethyl adjacent to an activating group) is 1. The Morgan fingerprint density at radius 3 is 2.76 bits per heavy atom. The molecule has 1 heterocycles. The van der Waals surface area contributed by atoms with Gasteiger partial charge in [0.1, 0.15) is 17.4 Å². The van der Waals surface area contributed by atoms with E-state index in [1.165, 1.54) is 4.31 Å². The second-order valence-electron chi connectivity index (χ2n) is 8.16. The molecule has 33 heavy (non-hydrogen) atoms. The van der Waals surface area contributed by atoms with Crippen LogP contribution in [-0.4, -0.2) is 46.6 Å². The van der Waals surface area contributed by atoms with Crippen LogP contribution < -0.4 is 13.8 Å². The first-order valence-corrected chi connectivity index (χ1v) is 12.5. The minimum Gasteiger partial charge on any atom is -0.494 e. The van der Waals surface area contributed by atoms with Gasteiger partial charge in [0.05, 0.1) is 18.0 Å². The average molecular weight is 480 g/mol. The Hall–Kier alpha value is -2.65. The summed E-state index contributed by atoms with van der Waals surface area (Å²) in [6.07, 6.45) is 6.33. The number of aryl methyl sites for hydroxylation is 1. The Morgan fingerprint density at radius 2 is 2.00 bits per heavy atom. The number of halogens is 2. The maximum atomic E-state index is 14.0. The van der Waals surface area contributed by atoms with Gasteiger partial charge >= 0.3 is 10.2 Å². The highest BCUT2D eigenvalue weighted by Gasteiger charge is 2.28. The highest BCUT2D eigenvalue weighted by Crippen LogP contribution is 2.33. The molecule has 0 bridgehead atoms. The smallest absolute Gasteiger partial charge is 0.324 e. The third-order valence-electron chi connectivity index (χ3n) is 5.48. The molecular formula is C24H31F2N3O3S. The molecular weight excluding hydrogens is 448 g/mol. The highest BCUT2D eigenvalue weighted by atomic mass is 32.2. The Bertz CT molecular complexity index is 1060. The third-order valence-corrected chi connectivity index (χ3v) is 6.92. The summed E-state index contributed by atoms with van der Waals surface area (Å²) < 4.78 is 62.2. The normalized spacial score (nSPS) is 13.6. The monoisotopic (exact) mass is 479 g/mol. The van der Waals surface area contributed by atoms with Crippen LogP contribution in [0.1, 0.15) is 31.2 Å². The van der Waals surface area contributed by atoms with Gasteiger partial charge in [-0.25, -0.2) is 8.78 Å². The van der Waals surface area contributed by atoms with E-state index in [-0.39, 0.29) is 12.2 Å². The molecule has 0 spiro atoms. The lowest BCUT2D eigenvalue weighted by molar-refractivity contribution is 0.295. The van der Waals surface area contributed by atoms with Gasteiger partial charge < -0.3 is 9.64 Å². The summed E-state index contributed by atoms with van der Waals surface area (Å²) in [5.41, 5.74) is 1.10. The van der Waals surface area contributed by atoms with Crippen molar-refractivity contribution in [3.05, 3.63) is 66.3 Å². The molecule has 1 N–H and O–H groups in total. The van der Waals surface area contributed by atoms with E-state index in [4.69, 9.17) is 4.74 Å². The Balaban J connectivity index is 1.58. The predicted octanol–water partition coefficient (Wildman–Crippen LogP) is 4.74. The third kappa shape index (κ3) is 6.91. The number of ether oxygens (including phenoxy) is 1. The van der Waals surface area contributed by atoms with Crippen LogP contribution in [0.3, 0.4) is 0 Å². The molecule has 0 unspecified atom stereocenters. The number of hydrogen-bond acceptors (Lipinski definition) is 4. The fourth-order valence-corrected chi connectivity index (χ4v) is 5.17. The van der Waals surface area contributed by atoms with Crippen LogP contribution in [0.15, 0.2) is 49.1 Å². The zero-order chi connectivity index (χ0) is 23.8. The second kappa shape index (κ2) is 11.5. The van der Waals surface area contributed by atoms with Gasteiger partial charge in [-0.1, -0.05) is 6.08 Å². The molecule has 2 aromatic rings. The summed E-state index contributed by atoms with van der Waals surface area (Å²) in [5.74, 6) is -1.03. The predicted molar refractivity (Wildman–Crippen MR) is 128 cm³/mol. The van der Waals surface area contributed by atoms with Crippen molar-refractivity contribution >= 4 is 21.6 Å². The number of anilines is 2. The molecule has 1 aliphatic rings. The van der Waals surface area contributed by atoms with Gasteiger partial charge in [-0.05, 0) is 81.6 Å². The first kappa shape index (κ1) is 25.0. The van der Waals surface area contributed by atoms with E-state index in [0.717, 1.165) is 56.5 Å². The van der Waals surface area contributed by atoms with E-state index in [0.29, 0.717) is 30.5 Å². The van der Waals surface area contributed by atoms with Gasteiger partial charge in [0.25, 0.3) is 0 Å². The standard InChI is InChI=1S/C24H31F2N3O3S/c1-3-13-28(2)14-5-4-6-16-32-21-10-12-24-19(17-21)8-7-15-29(24)33(30,31)27-23-11-9-20(25)18-22(23)26/h3,9-12,17-18,27H,1,4-8,13-16H2,2H3. The van der Waals surface area contributed by atoms with Crippen molar-refractivity contribution in [2.24, 2.45) is 0 Å². The molecule has 3 rings (SSSR count). The van der Waals surface area contributed by atoms with Crippen molar-refractivity contribution in [3.63, 3.8) is 0 Å². The lowest BCUT2D eigenvalue weighted by Crippen LogP contribution is -2.39. The number of nitrogens with one attached hydrogen (secondary N) is 1. The maximum Gasteiger partial charge on any atom is 0.324 e. The Kier molecular flexibility index (Phi) is 8.68. The molecule has 0 radical (unpaired) electrons. The molecule has 0 atom stereocenters. The van der Waals surface area contributed by atoms with Crippen LogP contribution >= 0.6 is 0 Å². The van der Waals surface area contributed by atoms with E-state index in [1.807, 2.05) is 12.1 Å². The second-order valence-corrected chi connectivity index (χ2v) is 9.75. The Labute approximate surface area is 195 Å². The van der Waals surface area contributed by atoms with E-state index in [9.17, 15) is 17.2 Å². The van der Waals surface area contributed by atoms with Crippen molar-refractivity contribution in [2.45, 2.75) is 32.1 Å². The number of benzene rings is 2. The van der Waals surface area contributed by atoms with Crippen molar-refractivity contribution in [3.8, 4) is 5.75 Å². The van der Waals surface area contributed by atoms with Crippen molar-refractivity contribution in [2.75, 3.05) is 42.3 Å². The molecule has 180 valence electrons. The first-order valence-electron chi connectivity index (χ1n) is 11.1. The molecule has 9 heteroatoms. The van der Waals surface area contributed by atoms with Gasteiger partial charge in [-0.2, -0.15) is 8.42 Å². The maximum absolute atomic E-state index is 14.0. The Morgan fingerprint density at radius 1 is 1.18 bits per heavy atom. The SMILES string of the molecule is C=CCN(C)CCCCCOc1ccc2c(c1)CCCN2S(=O)(=O)Nc1ccc(F)cc1F. The molecule has 6 nitrogen and oxygen atoms in total. The van der Waals surface area contributed by atoms with Gasteiger partial charge in [0.15, 0.2) is 0 Å². The van der Waals surface area contributed by atoms with Crippen molar-refractivity contribution in [1.29, 1.82) is 0 Å². The van der Waals surface area contributed by atoms with E-state index < -0.39 is 21.8 Å². The largest absolute Gasteiger partial charge is 0.494 e. The zero-order valence-electron chi connectivity index (χ0n) is 18.9. The van der Waals surface area contributed by atoms with E-state index >= 15 is 0 Å². The van der Waals surface area contributed by atoms with Gasteiger partial charge in [-0.3, -0.25) is 9.03 Å². The van der Waals surface area contributed by atoms with E-state index in [2.05, 4.69) is 23.2 Å². The van der Waals surface area contributed by atoms with Crippen LogP contribution in [0.2, 0.25) is 0 Å². The minimum absolute atomic E-state index is 0.269. The van der Waals surface area contributed by atoms with Gasteiger partial charge in [-0.15, -0.1) is 6.58 Å². The summed E-state index contributed by atoms with van der Waals surface area (Å²) in [6.45, 7) is 6.50. The number of rotatable bonds is 12. The molecule has 1 aliphatic heterocycles. The molecule has 0 saturated carbocycles. The van der Waals surface area contributed by atoms with Crippen molar-refractivity contribution < 1.29 is 21.9 Å². The number of unbranched alkanes of at least 4 members (excludes halogenated alkanes) is 2. The van der Waals surface area contributed by atoms with Gasteiger partial charge in [0, 0.05) is 19.2 Å². The van der Waals surface area contributed by atoms with Crippen molar-refractivity contribution in [1.82, 2.24) is 4.90 Å². The van der Waals surface area contributed by atoms with Crippen LogP contribution in [0.5, 0.6) is 5.75 Å². The molecule has 0 saturated heterocycles. The lowest BCUT2D eigenvalue weighted by atomic mass is 10.0. The average Bonchev–Trinajstić information content (AvgIpc) is 2.77. The molecule has 0 aliphatic carbocycles. The van der Waals surface area contributed by atoms with Crippen LogP contribution in [0, 0.1) is 11.6 Å². The zero-order valence-corrected chi connectivity index (χ0v) is 19.7. The quantitative estimate of drug-likeness (QED) is 0.353. The first-order chi connectivity index (χ1) is 15.8. The summed E-state index contributed by atoms with van der Waals surface area (Å²) in [4.78, 5) is 2.22. The topological polar surface area (TPSA) is 61.9 Å². The summed E-state index contributed by atoms with van der Waals surface area (Å²) >= 11 is 0. The fraction of sp³-hybridized carbons (Fsp3) is 0.417. The number of nitrogens with zero attached hydrogens (tertiary/aromatic N) is 2. The minimum atomic E-state index is -4.07. The lowest BCUT2D eigenvalue weighted by Gasteiger charge is -2.31. The molecule has 2 aromatic carbocycles. The fourth-order valence-electron chi connectivity index (χ4n) is 3.81. The summed E-state index contributed by atoms with van der Waals surface area (Å²) in [6, 6.07) is 8.06. The summed E-state index contributed by atoms with van der Waals surface area (Å²) in [7, 11) is -2.00. The van der Waals surface area contributed by atoms with E-state index in [1.54, 1.807) is 12.1 Å². The van der Waals surface area contributed by atoms with Crippen LogP contribution in [0.25, 0.3) is 0 Å². The number of fused-ring (bicyclic) bond motifs is 1. The molecule has 0 aromatic heterocycles. The van der Waals surface area contributed by atoms with Crippen LogP contribution in [-0.2, 0) is 16.6 Å². The molecule has 0 amide bonds. The molecule has 0 fully saturated rings. The van der Waals surface area contributed by atoms with Gasteiger partial charge in [0.2, 0.25) is 0 Å². The highest BCUT2D eigenvalue weighted by molar-refractivity contribution is 7.94. The number of hydrogen-bond donors (Lipinski definition) is 1. The summed E-state index contributed by atoms with van der Waals surface area (Å²) in [5, 5.41) is 0. The van der Waals surface area contributed by atoms with Crippen LogP contribution in [0.4, 0.5) is 20.2 Å².